The van der Waals surface area contributed by atoms with E-state index in [1.807, 2.05) is 0 Å². The van der Waals surface area contributed by atoms with E-state index >= 15 is 0 Å². The van der Waals surface area contributed by atoms with Gasteiger partial charge < -0.3 is 14.8 Å². The van der Waals surface area contributed by atoms with Crippen LogP contribution in [0.25, 0.3) is 11.3 Å². The quantitative estimate of drug-likeness (QED) is 0.420. The number of benzene rings is 2. The number of anilines is 1. The monoisotopic (exact) mass is 489 g/mol. The molecule has 0 saturated carbocycles. The Bertz CT molecular complexity index is 1210. The van der Waals surface area contributed by atoms with E-state index in [1.165, 1.54) is 12.1 Å². The van der Waals surface area contributed by atoms with Crippen LogP contribution in [0.5, 0.6) is 11.5 Å². The lowest BCUT2D eigenvalue weighted by atomic mass is 9.81. The zero-order valence-corrected chi connectivity index (χ0v) is 19.6. The van der Waals surface area contributed by atoms with E-state index in [4.69, 9.17) is 32.7 Å². The number of aromatic nitrogens is 2. The lowest BCUT2D eigenvalue weighted by molar-refractivity contribution is -0.111. The second-order valence-electron chi connectivity index (χ2n) is 7.68. The molecule has 4 rings (SSSR count). The van der Waals surface area contributed by atoms with E-state index in [0.717, 1.165) is 29.3 Å². The lowest BCUT2D eigenvalue weighted by Crippen LogP contribution is -2.14. The van der Waals surface area contributed by atoms with Crippen LogP contribution in [-0.2, 0) is 17.6 Å². The van der Waals surface area contributed by atoms with E-state index < -0.39 is 11.7 Å². The Balaban J connectivity index is 1.71. The number of carbonyl (C=O) groups is 1. The molecule has 2 aromatic carbocycles. The summed E-state index contributed by atoms with van der Waals surface area (Å²) in [6, 6.07) is 5.89. The number of carbonyl (C=O) groups excluding carboxylic acids is 1. The first-order valence-electron chi connectivity index (χ1n) is 10.3. The van der Waals surface area contributed by atoms with Gasteiger partial charge >= 0.3 is 0 Å². The highest BCUT2D eigenvalue weighted by Crippen LogP contribution is 2.48. The van der Waals surface area contributed by atoms with Gasteiger partial charge in [0.25, 0.3) is 0 Å². The smallest absolute Gasteiger partial charge is 0.247 e. The van der Waals surface area contributed by atoms with Crippen LogP contribution >= 0.6 is 23.2 Å². The maximum absolute atomic E-state index is 13.9. The summed E-state index contributed by atoms with van der Waals surface area (Å²) in [6.07, 6.45) is 3.19. The molecular formula is C24H22Cl2FN3O3. The van der Waals surface area contributed by atoms with Crippen LogP contribution in [0.3, 0.4) is 0 Å². The lowest BCUT2D eigenvalue weighted by Gasteiger charge is -2.26. The Hall–Kier alpha value is -3.03. The molecule has 0 fully saturated rings. The van der Waals surface area contributed by atoms with Crippen LogP contribution in [0.4, 0.5) is 10.1 Å². The molecule has 0 unspecified atom stereocenters. The molecule has 172 valence electrons. The summed E-state index contributed by atoms with van der Waals surface area (Å²) < 4.78 is 24.7. The molecule has 1 aliphatic carbocycles. The second-order valence-corrected chi connectivity index (χ2v) is 8.43. The van der Waals surface area contributed by atoms with Gasteiger partial charge in [-0.15, -0.1) is 0 Å². The van der Waals surface area contributed by atoms with E-state index in [0.29, 0.717) is 51.3 Å². The largest absolute Gasteiger partial charge is 0.495 e. The number of fused-ring (bicyclic) bond motifs is 1. The van der Waals surface area contributed by atoms with Gasteiger partial charge in [-0.3, -0.25) is 9.89 Å². The predicted molar refractivity (Wildman–Crippen MR) is 127 cm³/mol. The molecule has 0 radical (unpaired) electrons. The van der Waals surface area contributed by atoms with Crippen LogP contribution in [0.15, 0.2) is 36.9 Å². The van der Waals surface area contributed by atoms with Crippen LogP contribution < -0.4 is 14.8 Å². The van der Waals surface area contributed by atoms with E-state index in [2.05, 4.69) is 22.1 Å². The molecule has 1 aliphatic rings. The number of hydrogen-bond acceptors (Lipinski definition) is 4. The summed E-state index contributed by atoms with van der Waals surface area (Å²) in [5.74, 6) is 0.125. The first-order valence-corrected chi connectivity index (χ1v) is 11.0. The Morgan fingerprint density at radius 3 is 2.58 bits per heavy atom. The van der Waals surface area contributed by atoms with Crippen molar-refractivity contribution < 1.29 is 18.7 Å². The zero-order valence-electron chi connectivity index (χ0n) is 18.1. The summed E-state index contributed by atoms with van der Waals surface area (Å²) in [5, 5.41) is 11.2. The molecule has 3 aromatic rings. The van der Waals surface area contributed by atoms with Crippen molar-refractivity contribution in [2.24, 2.45) is 0 Å². The number of nitrogens with one attached hydrogen (secondary N) is 2. The van der Waals surface area contributed by atoms with Gasteiger partial charge in [-0.25, -0.2) is 4.39 Å². The van der Waals surface area contributed by atoms with Crippen molar-refractivity contribution in [3.8, 4) is 22.8 Å². The number of hydrogen-bond donors (Lipinski definition) is 2. The molecule has 1 amide bonds. The summed E-state index contributed by atoms with van der Waals surface area (Å²) in [5.41, 5.74) is 4.34. The molecule has 0 bridgehead atoms. The molecule has 33 heavy (non-hydrogen) atoms. The van der Waals surface area contributed by atoms with Crippen molar-refractivity contribution in [3.63, 3.8) is 0 Å². The van der Waals surface area contributed by atoms with Crippen LogP contribution in [0, 0.1) is 5.82 Å². The molecule has 9 heteroatoms. The average Bonchev–Trinajstić information content (AvgIpc) is 3.22. The Kier molecular flexibility index (Phi) is 6.63. The molecule has 0 aliphatic heterocycles. The first-order chi connectivity index (χ1) is 15.9. The molecule has 1 aromatic heterocycles. The average molecular weight is 490 g/mol. The number of nitrogens with zero attached hydrogens (tertiary/aromatic N) is 1. The van der Waals surface area contributed by atoms with E-state index in [-0.39, 0.29) is 5.92 Å². The highest BCUT2D eigenvalue weighted by atomic mass is 35.5. The van der Waals surface area contributed by atoms with Crippen LogP contribution in [-0.4, -0.2) is 30.3 Å². The number of rotatable bonds is 6. The van der Waals surface area contributed by atoms with E-state index in [1.54, 1.807) is 26.4 Å². The van der Waals surface area contributed by atoms with Crippen molar-refractivity contribution in [3.05, 3.63) is 69.6 Å². The standard InChI is InChI=1S/C24H22Cl2FN3O3/c1-4-20(31)28-16-10-13(27)6-8-14(16)24-15-7-5-12(9-17(15)29-30-24)21-22(25)18(32-2)11-19(33-3)23(21)26/h4,6,8,10-12H,1,5,7,9H2,2-3H3,(H,28,31)(H,29,30)/t12-/m0/s1. The minimum absolute atomic E-state index is 0.0166. The van der Waals surface area contributed by atoms with Gasteiger partial charge in [0.15, 0.2) is 0 Å². The maximum Gasteiger partial charge on any atom is 0.247 e. The fourth-order valence-electron chi connectivity index (χ4n) is 4.25. The molecule has 0 saturated heterocycles. The minimum Gasteiger partial charge on any atom is -0.495 e. The first kappa shape index (κ1) is 23.1. The number of halogens is 3. The highest BCUT2D eigenvalue weighted by Gasteiger charge is 2.31. The Labute approximate surface area is 200 Å². The summed E-state index contributed by atoms with van der Waals surface area (Å²) in [6.45, 7) is 3.45. The number of amides is 1. The number of ether oxygens (including phenoxy) is 2. The third-order valence-corrected chi connectivity index (χ3v) is 6.62. The van der Waals surface area contributed by atoms with E-state index in [9.17, 15) is 9.18 Å². The topological polar surface area (TPSA) is 76.2 Å². The van der Waals surface area contributed by atoms with Crippen molar-refractivity contribution in [2.45, 2.75) is 25.2 Å². The third-order valence-electron chi connectivity index (χ3n) is 5.84. The minimum atomic E-state index is -0.459. The number of aromatic amines is 1. The highest BCUT2D eigenvalue weighted by molar-refractivity contribution is 6.38. The van der Waals surface area contributed by atoms with Crippen molar-refractivity contribution >= 4 is 34.8 Å². The summed E-state index contributed by atoms with van der Waals surface area (Å²) >= 11 is 13.3. The van der Waals surface area contributed by atoms with Gasteiger partial charge in [-0.2, -0.15) is 5.10 Å². The van der Waals surface area contributed by atoms with Gasteiger partial charge in [0.1, 0.15) is 17.3 Å². The van der Waals surface area contributed by atoms with Gasteiger partial charge in [0.05, 0.1) is 35.6 Å². The fourth-order valence-corrected chi connectivity index (χ4v) is 5.06. The zero-order chi connectivity index (χ0) is 23.7. The Morgan fingerprint density at radius 1 is 1.24 bits per heavy atom. The predicted octanol–water partition coefficient (Wildman–Crippen LogP) is 5.94. The van der Waals surface area contributed by atoms with Crippen molar-refractivity contribution in [2.75, 3.05) is 19.5 Å². The fraction of sp³-hybridized carbons (Fsp3) is 0.250. The van der Waals surface area contributed by atoms with Crippen LogP contribution in [0.2, 0.25) is 10.0 Å². The molecule has 1 atom stereocenters. The SMILES string of the molecule is C=CC(=O)Nc1cc(F)ccc1-c1n[nH]c2c1CC[C@H](c1c(Cl)c(OC)cc(OC)c1Cl)C2. The van der Waals surface area contributed by atoms with Crippen molar-refractivity contribution in [1.29, 1.82) is 0 Å². The third kappa shape index (κ3) is 4.30. The molecule has 2 N–H and O–H groups in total. The second kappa shape index (κ2) is 9.45. The molecule has 0 spiro atoms. The molecule has 6 nitrogen and oxygen atoms in total. The van der Waals surface area contributed by atoms with Gasteiger partial charge in [0, 0.05) is 28.5 Å². The van der Waals surface area contributed by atoms with Crippen molar-refractivity contribution in [1.82, 2.24) is 10.2 Å². The normalized spacial score (nSPS) is 15.0. The molecular weight excluding hydrogens is 468 g/mol. The maximum atomic E-state index is 13.9. The van der Waals surface area contributed by atoms with Gasteiger partial charge in [-0.1, -0.05) is 29.8 Å². The summed E-state index contributed by atoms with van der Waals surface area (Å²) in [7, 11) is 3.09. The summed E-state index contributed by atoms with van der Waals surface area (Å²) in [4.78, 5) is 11.8. The molecule has 1 heterocycles. The van der Waals surface area contributed by atoms with Crippen LogP contribution in [0.1, 0.15) is 29.2 Å². The number of H-pyrrole nitrogens is 1. The Morgan fingerprint density at radius 2 is 1.94 bits per heavy atom. The number of methoxy groups -OCH3 is 2. The van der Waals surface area contributed by atoms with Gasteiger partial charge in [0.2, 0.25) is 5.91 Å². The van der Waals surface area contributed by atoms with Gasteiger partial charge in [-0.05, 0) is 49.5 Å².